The van der Waals surface area contributed by atoms with Crippen molar-refractivity contribution >= 4 is 5.91 Å². The molecule has 0 aromatic rings. The molecule has 1 amide bonds. The second-order valence-corrected chi connectivity index (χ2v) is 4.77. The zero-order chi connectivity index (χ0) is 11.3. The van der Waals surface area contributed by atoms with Gasteiger partial charge in [-0.05, 0) is 31.7 Å². The molecule has 0 aliphatic carbocycles. The maximum atomic E-state index is 11.9. The van der Waals surface area contributed by atoms with Crippen LogP contribution in [0.15, 0.2) is 0 Å². The van der Waals surface area contributed by atoms with Crippen molar-refractivity contribution in [2.24, 2.45) is 5.92 Å². The smallest absolute Gasteiger partial charge is 0.237 e. The predicted octanol–water partition coefficient (Wildman–Crippen LogP) is 1.68. The van der Waals surface area contributed by atoms with E-state index < -0.39 is 0 Å². The van der Waals surface area contributed by atoms with Gasteiger partial charge in [-0.1, -0.05) is 27.2 Å². The molecule has 0 saturated carbocycles. The van der Waals surface area contributed by atoms with E-state index in [9.17, 15) is 4.79 Å². The Bertz CT molecular complexity index is 198. The summed E-state index contributed by atoms with van der Waals surface area (Å²) in [6, 6.07) is 0.368. The molecule has 1 fully saturated rings. The van der Waals surface area contributed by atoms with Crippen LogP contribution in [0.4, 0.5) is 0 Å². The highest BCUT2D eigenvalue weighted by molar-refractivity contribution is 5.82. The summed E-state index contributed by atoms with van der Waals surface area (Å²) in [6.07, 6.45) is 4.37. The number of hydrogen-bond acceptors (Lipinski definition) is 2. The van der Waals surface area contributed by atoms with Crippen LogP contribution in [0.3, 0.4) is 0 Å². The molecule has 0 bridgehead atoms. The van der Waals surface area contributed by atoms with Crippen molar-refractivity contribution in [1.29, 1.82) is 0 Å². The number of carbonyl (C=O) groups is 1. The summed E-state index contributed by atoms with van der Waals surface area (Å²) >= 11 is 0. The Morgan fingerprint density at radius 2 is 2.20 bits per heavy atom. The first-order valence-electron chi connectivity index (χ1n) is 6.19. The highest BCUT2D eigenvalue weighted by Crippen LogP contribution is 2.10. The molecule has 1 heterocycles. The minimum absolute atomic E-state index is 0.0477. The van der Waals surface area contributed by atoms with Crippen molar-refractivity contribution in [2.75, 3.05) is 6.54 Å². The maximum Gasteiger partial charge on any atom is 0.237 e. The molecule has 1 saturated heterocycles. The number of piperidine rings is 1. The first-order chi connectivity index (χ1) is 7.15. The number of carbonyl (C=O) groups excluding carboxylic acids is 1. The molecule has 0 radical (unpaired) electrons. The molecule has 1 aliphatic rings. The van der Waals surface area contributed by atoms with Gasteiger partial charge in [0.15, 0.2) is 0 Å². The van der Waals surface area contributed by atoms with Gasteiger partial charge in [0.1, 0.15) is 0 Å². The Kier molecular flexibility index (Phi) is 5.09. The van der Waals surface area contributed by atoms with Crippen molar-refractivity contribution in [3.63, 3.8) is 0 Å². The Morgan fingerprint density at radius 3 is 2.67 bits per heavy atom. The molecule has 0 aromatic heterocycles. The Labute approximate surface area is 93.0 Å². The third-order valence-electron chi connectivity index (χ3n) is 3.20. The van der Waals surface area contributed by atoms with E-state index in [4.69, 9.17) is 0 Å². The van der Waals surface area contributed by atoms with Crippen LogP contribution >= 0.6 is 0 Å². The lowest BCUT2D eigenvalue weighted by atomic mass is 9.99. The lowest BCUT2D eigenvalue weighted by Gasteiger charge is -2.27. The van der Waals surface area contributed by atoms with Gasteiger partial charge in [-0.2, -0.15) is 0 Å². The van der Waals surface area contributed by atoms with Crippen molar-refractivity contribution in [3.05, 3.63) is 0 Å². The van der Waals surface area contributed by atoms with Gasteiger partial charge in [0.05, 0.1) is 6.04 Å². The molecule has 15 heavy (non-hydrogen) atoms. The maximum absolute atomic E-state index is 11.9. The summed E-state index contributed by atoms with van der Waals surface area (Å²) in [5, 5.41) is 6.41. The second kappa shape index (κ2) is 6.11. The highest BCUT2D eigenvalue weighted by atomic mass is 16.2. The summed E-state index contributed by atoms with van der Waals surface area (Å²) in [6.45, 7) is 7.42. The van der Waals surface area contributed by atoms with Crippen LogP contribution in [0.25, 0.3) is 0 Å². The van der Waals surface area contributed by atoms with Crippen molar-refractivity contribution < 1.29 is 4.79 Å². The normalized spacial score (nSPS) is 23.9. The minimum atomic E-state index is 0.0477. The van der Waals surface area contributed by atoms with E-state index in [0.717, 1.165) is 19.4 Å². The zero-order valence-corrected chi connectivity index (χ0v) is 10.2. The second-order valence-electron chi connectivity index (χ2n) is 4.77. The van der Waals surface area contributed by atoms with Gasteiger partial charge in [0.25, 0.3) is 0 Å². The fourth-order valence-electron chi connectivity index (χ4n) is 2.10. The van der Waals surface area contributed by atoms with E-state index in [1.807, 2.05) is 0 Å². The van der Waals surface area contributed by atoms with Gasteiger partial charge >= 0.3 is 0 Å². The van der Waals surface area contributed by atoms with Gasteiger partial charge < -0.3 is 10.6 Å². The molecule has 3 heteroatoms. The summed E-state index contributed by atoms with van der Waals surface area (Å²) in [5.74, 6) is 0.706. The minimum Gasteiger partial charge on any atom is -0.352 e. The van der Waals surface area contributed by atoms with Gasteiger partial charge in [-0.25, -0.2) is 0 Å². The number of amides is 1. The van der Waals surface area contributed by atoms with Crippen LogP contribution in [0.2, 0.25) is 0 Å². The van der Waals surface area contributed by atoms with E-state index in [0.29, 0.717) is 12.0 Å². The number of nitrogens with one attached hydrogen (secondary N) is 2. The lowest BCUT2D eigenvalue weighted by molar-refractivity contribution is -0.124. The standard InChI is InChI=1S/C12H24N2O/c1-4-10(9(2)3)14-12(15)11-7-5-6-8-13-11/h9-11,13H,4-8H2,1-3H3,(H,14,15)/t10?,11-/m0/s1. The van der Waals surface area contributed by atoms with Crippen LogP contribution in [-0.2, 0) is 4.79 Å². The average Bonchev–Trinajstić information content (AvgIpc) is 2.26. The molecular formula is C12H24N2O. The first-order valence-corrected chi connectivity index (χ1v) is 6.19. The van der Waals surface area contributed by atoms with E-state index in [2.05, 4.69) is 31.4 Å². The van der Waals surface area contributed by atoms with E-state index in [1.54, 1.807) is 0 Å². The first kappa shape index (κ1) is 12.5. The number of hydrogen-bond donors (Lipinski definition) is 2. The molecule has 0 spiro atoms. The van der Waals surface area contributed by atoms with Gasteiger partial charge in [0, 0.05) is 6.04 Å². The van der Waals surface area contributed by atoms with Gasteiger partial charge in [0.2, 0.25) is 5.91 Å². The van der Waals surface area contributed by atoms with Gasteiger partial charge in [-0.3, -0.25) is 4.79 Å². The lowest BCUT2D eigenvalue weighted by Crippen LogP contribution is -2.50. The van der Waals surface area contributed by atoms with Crippen LogP contribution in [0.1, 0.15) is 46.5 Å². The Morgan fingerprint density at radius 1 is 1.47 bits per heavy atom. The third-order valence-corrected chi connectivity index (χ3v) is 3.20. The van der Waals surface area contributed by atoms with E-state index in [-0.39, 0.29) is 11.9 Å². The summed E-state index contributed by atoms with van der Waals surface area (Å²) in [4.78, 5) is 11.9. The van der Waals surface area contributed by atoms with Crippen molar-refractivity contribution in [2.45, 2.75) is 58.5 Å². The molecule has 88 valence electrons. The molecule has 1 aliphatic heterocycles. The Balaban J connectivity index is 2.38. The molecule has 0 aromatic carbocycles. The highest BCUT2D eigenvalue weighted by Gasteiger charge is 2.23. The fraction of sp³-hybridized carbons (Fsp3) is 0.917. The van der Waals surface area contributed by atoms with Crippen LogP contribution in [0, 0.1) is 5.92 Å². The summed E-state index contributed by atoms with van der Waals surface area (Å²) in [7, 11) is 0. The molecular weight excluding hydrogens is 188 g/mol. The molecule has 1 rings (SSSR count). The van der Waals surface area contributed by atoms with E-state index in [1.165, 1.54) is 12.8 Å². The SMILES string of the molecule is CCC(NC(=O)[C@@H]1CCCCN1)C(C)C. The van der Waals surface area contributed by atoms with Gasteiger partial charge in [-0.15, -0.1) is 0 Å². The molecule has 2 N–H and O–H groups in total. The topological polar surface area (TPSA) is 41.1 Å². The van der Waals surface area contributed by atoms with Crippen molar-refractivity contribution in [1.82, 2.24) is 10.6 Å². The van der Waals surface area contributed by atoms with E-state index >= 15 is 0 Å². The number of rotatable bonds is 4. The molecule has 1 unspecified atom stereocenters. The summed E-state index contributed by atoms with van der Waals surface area (Å²) in [5.41, 5.74) is 0. The molecule has 3 nitrogen and oxygen atoms in total. The average molecular weight is 212 g/mol. The molecule has 2 atom stereocenters. The van der Waals surface area contributed by atoms with Crippen LogP contribution in [-0.4, -0.2) is 24.5 Å². The largest absolute Gasteiger partial charge is 0.352 e. The summed E-state index contributed by atoms with van der Waals surface area (Å²) < 4.78 is 0. The zero-order valence-electron chi connectivity index (χ0n) is 10.2. The van der Waals surface area contributed by atoms with Crippen LogP contribution in [0.5, 0.6) is 0 Å². The van der Waals surface area contributed by atoms with Crippen molar-refractivity contribution in [3.8, 4) is 0 Å². The monoisotopic (exact) mass is 212 g/mol. The fourth-order valence-corrected chi connectivity index (χ4v) is 2.10. The third kappa shape index (κ3) is 3.82. The van der Waals surface area contributed by atoms with Crippen LogP contribution < -0.4 is 10.6 Å². The quantitative estimate of drug-likeness (QED) is 0.744. The Hall–Kier alpha value is -0.570. The predicted molar refractivity (Wildman–Crippen MR) is 62.7 cm³/mol.